The molecule has 0 saturated carbocycles. The number of pyridine rings is 1. The summed E-state index contributed by atoms with van der Waals surface area (Å²) in [4.78, 5) is 12.8. The van der Waals surface area contributed by atoms with Crippen molar-refractivity contribution in [3.63, 3.8) is 0 Å². The van der Waals surface area contributed by atoms with E-state index in [1.54, 1.807) is 0 Å². The van der Waals surface area contributed by atoms with Crippen LogP contribution in [0.3, 0.4) is 0 Å². The first-order valence-electron chi connectivity index (χ1n) is 3.21. The van der Waals surface area contributed by atoms with Crippen LogP contribution in [0.2, 0.25) is 5.02 Å². The highest BCUT2D eigenvalue weighted by molar-refractivity contribution is 9.10. The highest BCUT2D eigenvalue weighted by Crippen LogP contribution is 2.36. The first kappa shape index (κ1) is 11.3. The fourth-order valence-electron chi connectivity index (χ4n) is 0.748. The van der Waals surface area contributed by atoms with Gasteiger partial charge >= 0.3 is 5.69 Å². The molecule has 0 unspecified atom stereocenters. The third kappa shape index (κ3) is 1.98. The molecule has 0 saturated heterocycles. The Labute approximate surface area is 90.2 Å². The molecular weight excluding hydrogens is 285 g/mol. The molecule has 4 nitrogen and oxygen atoms in total. The summed E-state index contributed by atoms with van der Waals surface area (Å²) in [6.07, 6.45) is -2.13. The van der Waals surface area contributed by atoms with Gasteiger partial charge in [0, 0.05) is 0 Å². The summed E-state index contributed by atoms with van der Waals surface area (Å²) in [7, 11) is 0. The van der Waals surface area contributed by atoms with Crippen molar-refractivity contribution < 1.29 is 13.7 Å². The van der Waals surface area contributed by atoms with Gasteiger partial charge in [0.05, 0.1) is 9.40 Å². The van der Waals surface area contributed by atoms with E-state index in [-0.39, 0.29) is 9.50 Å². The van der Waals surface area contributed by atoms with Gasteiger partial charge in [-0.2, -0.15) is 0 Å². The minimum absolute atomic E-state index is 0.247. The average Bonchev–Trinajstić information content (AvgIpc) is 2.08. The van der Waals surface area contributed by atoms with E-state index in [0.29, 0.717) is 6.20 Å². The predicted octanol–water partition coefficient (Wildman–Crippen LogP) is 3.34. The van der Waals surface area contributed by atoms with Crippen molar-refractivity contribution in [3.8, 4) is 0 Å². The maximum atomic E-state index is 12.2. The lowest BCUT2D eigenvalue weighted by Crippen LogP contribution is -1.97. The smallest absolute Gasteiger partial charge is 0.258 e. The van der Waals surface area contributed by atoms with Crippen molar-refractivity contribution in [2.45, 2.75) is 6.43 Å². The van der Waals surface area contributed by atoms with Crippen LogP contribution in [0.15, 0.2) is 10.7 Å². The molecule has 0 fully saturated rings. The van der Waals surface area contributed by atoms with Crippen molar-refractivity contribution >= 4 is 33.2 Å². The maximum Gasteiger partial charge on any atom is 0.307 e. The van der Waals surface area contributed by atoms with Crippen molar-refractivity contribution in [2.24, 2.45) is 0 Å². The first-order chi connectivity index (χ1) is 6.45. The Bertz CT molecular complexity index is 388. The van der Waals surface area contributed by atoms with Crippen molar-refractivity contribution in [1.82, 2.24) is 4.98 Å². The van der Waals surface area contributed by atoms with E-state index in [2.05, 4.69) is 20.9 Å². The van der Waals surface area contributed by atoms with E-state index in [0.717, 1.165) is 0 Å². The summed E-state index contributed by atoms with van der Waals surface area (Å²) >= 11 is 8.20. The standard InChI is InChI=1S/C6H2BrClF2N2O2/c7-3-4(8)2(12(13)14)1-11-5(3)6(9)10/h1,6H. The third-order valence-electron chi connectivity index (χ3n) is 1.37. The molecule has 0 atom stereocenters. The van der Waals surface area contributed by atoms with Crippen LogP contribution >= 0.6 is 27.5 Å². The minimum atomic E-state index is -2.83. The SMILES string of the molecule is O=[N+]([O-])c1cnc(C(F)F)c(Br)c1Cl. The van der Waals surface area contributed by atoms with E-state index in [9.17, 15) is 18.9 Å². The molecule has 0 aliphatic carbocycles. The molecular formula is C6H2BrClF2N2O2. The number of halogens is 4. The predicted molar refractivity (Wildman–Crippen MR) is 48.6 cm³/mol. The molecule has 1 aromatic rings. The largest absolute Gasteiger partial charge is 0.307 e. The highest BCUT2D eigenvalue weighted by Gasteiger charge is 2.23. The van der Waals surface area contributed by atoms with Crippen molar-refractivity contribution in [1.29, 1.82) is 0 Å². The summed E-state index contributed by atoms with van der Waals surface area (Å²) in [5.41, 5.74) is -1.12. The fourth-order valence-corrected chi connectivity index (χ4v) is 1.44. The molecule has 0 aromatic carbocycles. The molecule has 76 valence electrons. The zero-order valence-electron chi connectivity index (χ0n) is 6.38. The molecule has 1 rings (SSSR count). The molecule has 0 aliphatic rings. The quantitative estimate of drug-likeness (QED) is 0.619. The lowest BCUT2D eigenvalue weighted by Gasteiger charge is -2.03. The number of alkyl halides is 2. The topological polar surface area (TPSA) is 56.0 Å². The number of nitrogens with zero attached hydrogens (tertiary/aromatic N) is 2. The van der Waals surface area contributed by atoms with Gasteiger partial charge in [-0.05, 0) is 15.9 Å². The monoisotopic (exact) mass is 286 g/mol. The zero-order valence-corrected chi connectivity index (χ0v) is 8.72. The molecule has 0 spiro atoms. The Morgan fingerprint density at radius 1 is 1.64 bits per heavy atom. The Morgan fingerprint density at radius 3 is 2.64 bits per heavy atom. The molecule has 0 amide bonds. The van der Waals surface area contributed by atoms with Crippen molar-refractivity contribution in [3.05, 3.63) is 31.5 Å². The molecule has 8 heteroatoms. The van der Waals surface area contributed by atoms with Crippen LogP contribution in [0.5, 0.6) is 0 Å². The van der Waals surface area contributed by atoms with Gasteiger partial charge in [-0.15, -0.1) is 0 Å². The van der Waals surface area contributed by atoms with Crippen molar-refractivity contribution in [2.75, 3.05) is 0 Å². The molecule has 1 heterocycles. The summed E-state index contributed by atoms with van der Waals surface area (Å²) in [5.74, 6) is 0. The number of aromatic nitrogens is 1. The Kier molecular flexibility index (Phi) is 3.33. The van der Waals surface area contributed by atoms with Crippen LogP contribution < -0.4 is 0 Å². The lowest BCUT2D eigenvalue weighted by molar-refractivity contribution is -0.385. The Hall–Kier alpha value is -0.820. The summed E-state index contributed by atoms with van der Waals surface area (Å²) in [6.45, 7) is 0. The van der Waals surface area contributed by atoms with Crippen LogP contribution in [-0.2, 0) is 0 Å². The van der Waals surface area contributed by atoms with Gasteiger partial charge in [0.15, 0.2) is 0 Å². The summed E-state index contributed by atoms with van der Waals surface area (Å²) in [6, 6.07) is 0. The number of hydrogen-bond donors (Lipinski definition) is 0. The second-order valence-electron chi connectivity index (χ2n) is 2.21. The Balaban J connectivity index is 3.33. The van der Waals surface area contributed by atoms with E-state index in [1.165, 1.54) is 0 Å². The van der Waals surface area contributed by atoms with Crippen LogP contribution in [-0.4, -0.2) is 9.91 Å². The fraction of sp³-hybridized carbons (Fsp3) is 0.167. The highest BCUT2D eigenvalue weighted by atomic mass is 79.9. The van der Waals surface area contributed by atoms with E-state index < -0.39 is 22.7 Å². The lowest BCUT2D eigenvalue weighted by atomic mass is 10.3. The van der Waals surface area contributed by atoms with Gasteiger partial charge in [0.25, 0.3) is 6.43 Å². The minimum Gasteiger partial charge on any atom is -0.258 e. The molecule has 0 bridgehead atoms. The van der Waals surface area contributed by atoms with Crippen LogP contribution in [0, 0.1) is 10.1 Å². The second kappa shape index (κ2) is 4.14. The third-order valence-corrected chi connectivity index (χ3v) is 2.79. The first-order valence-corrected chi connectivity index (χ1v) is 4.38. The molecule has 0 radical (unpaired) electrons. The maximum absolute atomic E-state index is 12.2. The zero-order chi connectivity index (χ0) is 10.9. The van der Waals surface area contributed by atoms with E-state index in [4.69, 9.17) is 11.6 Å². The van der Waals surface area contributed by atoms with Crippen LogP contribution in [0.4, 0.5) is 14.5 Å². The second-order valence-corrected chi connectivity index (χ2v) is 3.39. The van der Waals surface area contributed by atoms with Gasteiger partial charge in [-0.1, -0.05) is 11.6 Å². The number of nitro groups is 1. The average molecular weight is 287 g/mol. The van der Waals surface area contributed by atoms with Gasteiger partial charge in [-0.25, -0.2) is 13.8 Å². The summed E-state index contributed by atoms with van der Waals surface area (Å²) < 4.78 is 24.2. The summed E-state index contributed by atoms with van der Waals surface area (Å²) in [5, 5.41) is 9.95. The van der Waals surface area contributed by atoms with Gasteiger partial charge in [0.2, 0.25) is 0 Å². The van der Waals surface area contributed by atoms with Gasteiger partial charge in [0.1, 0.15) is 16.9 Å². The number of hydrogen-bond acceptors (Lipinski definition) is 3. The molecule has 0 aliphatic heterocycles. The number of rotatable bonds is 2. The van der Waals surface area contributed by atoms with Gasteiger partial charge in [-0.3, -0.25) is 10.1 Å². The van der Waals surface area contributed by atoms with Gasteiger partial charge < -0.3 is 0 Å². The van der Waals surface area contributed by atoms with E-state index >= 15 is 0 Å². The Morgan fingerprint density at radius 2 is 2.21 bits per heavy atom. The van der Waals surface area contributed by atoms with Crippen LogP contribution in [0.1, 0.15) is 12.1 Å². The molecule has 0 N–H and O–H groups in total. The van der Waals surface area contributed by atoms with E-state index in [1.807, 2.05) is 0 Å². The molecule has 1 aromatic heterocycles. The van der Waals surface area contributed by atoms with Crippen LogP contribution in [0.25, 0.3) is 0 Å². The molecule has 14 heavy (non-hydrogen) atoms. The normalized spacial score (nSPS) is 10.6.